The van der Waals surface area contributed by atoms with E-state index < -0.39 is 17.2 Å². The van der Waals surface area contributed by atoms with E-state index in [1.807, 2.05) is 39.8 Å². The molecule has 23 heavy (non-hydrogen) atoms. The first-order valence-electron chi connectivity index (χ1n) is 7.39. The summed E-state index contributed by atoms with van der Waals surface area (Å²) in [5.74, 6) is 1.66. The first-order chi connectivity index (χ1) is 10.7. The summed E-state index contributed by atoms with van der Waals surface area (Å²) in [7, 11) is 0. The Kier molecular flexibility index (Phi) is 3.72. The number of nitrogens with zero attached hydrogens (tertiary/aromatic N) is 2. The van der Waals surface area contributed by atoms with E-state index in [0.717, 1.165) is 11.3 Å². The van der Waals surface area contributed by atoms with Gasteiger partial charge in [-0.05, 0) is 19.1 Å². The van der Waals surface area contributed by atoms with Crippen molar-refractivity contribution in [1.82, 2.24) is 9.97 Å². The monoisotopic (exact) mass is 332 g/mol. The molecule has 2 aromatic rings. The van der Waals surface area contributed by atoms with Gasteiger partial charge < -0.3 is 15.9 Å². The van der Waals surface area contributed by atoms with Crippen LogP contribution in [-0.4, -0.2) is 21.1 Å². The van der Waals surface area contributed by atoms with Gasteiger partial charge in [0.25, 0.3) is 0 Å². The van der Waals surface area contributed by atoms with Crippen LogP contribution in [0.2, 0.25) is 0 Å². The summed E-state index contributed by atoms with van der Waals surface area (Å²) in [6.45, 7) is 7.99. The zero-order valence-corrected chi connectivity index (χ0v) is 14.4. The maximum atomic E-state index is 11.7. The number of aromatic nitrogens is 2. The second kappa shape index (κ2) is 5.35. The maximum Gasteiger partial charge on any atom is 0.232 e. The highest BCUT2D eigenvalue weighted by Crippen LogP contribution is 2.46. The summed E-state index contributed by atoms with van der Waals surface area (Å²) in [5.41, 5.74) is 12.9. The third-order valence-electron chi connectivity index (χ3n) is 3.73. The molecule has 0 saturated heterocycles. The molecule has 122 valence electrons. The molecule has 0 bridgehead atoms. The zero-order chi connectivity index (χ0) is 16.9. The van der Waals surface area contributed by atoms with Crippen molar-refractivity contribution in [3.05, 3.63) is 29.3 Å². The molecule has 2 unspecified atom stereocenters. The number of rotatable bonds is 2. The van der Waals surface area contributed by atoms with Crippen molar-refractivity contribution in [2.24, 2.45) is 11.5 Å². The number of aryl methyl sites for hydroxylation is 1. The third-order valence-corrected chi connectivity index (χ3v) is 5.05. The van der Waals surface area contributed by atoms with E-state index in [1.165, 1.54) is 11.8 Å². The number of thioether (sulfide) groups is 1. The number of carbonyl (C=O) groups is 1. The lowest BCUT2D eigenvalue weighted by Crippen LogP contribution is -2.33. The van der Waals surface area contributed by atoms with Crippen molar-refractivity contribution in [3.63, 3.8) is 0 Å². The average molecular weight is 332 g/mol. The molecule has 0 saturated carbocycles. The number of furan rings is 1. The Bertz CT molecular complexity index is 779. The molecule has 0 spiro atoms. The fraction of sp³-hybridized carbons (Fsp3) is 0.438. The fourth-order valence-electron chi connectivity index (χ4n) is 2.50. The Labute approximate surface area is 139 Å². The van der Waals surface area contributed by atoms with Gasteiger partial charge in [0, 0.05) is 11.0 Å². The average Bonchev–Trinajstić information content (AvgIpc) is 3.01. The summed E-state index contributed by atoms with van der Waals surface area (Å²) in [5, 5.41) is 0.176. The van der Waals surface area contributed by atoms with Gasteiger partial charge in [-0.2, -0.15) is 0 Å². The van der Waals surface area contributed by atoms with Crippen molar-refractivity contribution in [2.75, 3.05) is 0 Å². The number of carbonyl (C=O) groups excluding carboxylic acids is 1. The van der Waals surface area contributed by atoms with Crippen molar-refractivity contribution >= 4 is 17.7 Å². The first kappa shape index (κ1) is 16.0. The number of nitrogens with two attached hydrogens (primary N) is 2. The molecule has 1 amide bonds. The van der Waals surface area contributed by atoms with E-state index in [0.29, 0.717) is 22.3 Å². The molecule has 6 nitrogen and oxygen atoms in total. The number of hydrogen-bond donors (Lipinski definition) is 2. The van der Waals surface area contributed by atoms with E-state index >= 15 is 0 Å². The summed E-state index contributed by atoms with van der Waals surface area (Å²) < 4.78 is 5.74. The quantitative estimate of drug-likeness (QED) is 0.817. The number of amides is 1. The number of fused-ring (bicyclic) bond motifs is 1. The van der Waals surface area contributed by atoms with E-state index in [2.05, 4.69) is 4.98 Å². The molecule has 3 rings (SSSR count). The predicted octanol–water partition coefficient (Wildman–Crippen LogP) is 2.30. The third kappa shape index (κ3) is 2.74. The molecule has 0 fully saturated rings. The van der Waals surface area contributed by atoms with Gasteiger partial charge in [-0.3, -0.25) is 4.79 Å². The van der Waals surface area contributed by atoms with Crippen LogP contribution in [0.25, 0.3) is 11.5 Å². The Hall–Kier alpha value is -1.86. The smallest absolute Gasteiger partial charge is 0.232 e. The second-order valence-corrected chi connectivity index (χ2v) is 7.87. The highest BCUT2D eigenvalue weighted by atomic mass is 32.2. The van der Waals surface area contributed by atoms with Crippen LogP contribution in [0.1, 0.15) is 44.0 Å². The Morgan fingerprint density at radius 2 is 2.00 bits per heavy atom. The lowest BCUT2D eigenvalue weighted by Gasteiger charge is -2.19. The highest BCUT2D eigenvalue weighted by molar-refractivity contribution is 8.01. The van der Waals surface area contributed by atoms with E-state index in [4.69, 9.17) is 20.9 Å². The van der Waals surface area contributed by atoms with E-state index in [9.17, 15) is 4.79 Å². The van der Waals surface area contributed by atoms with Crippen LogP contribution < -0.4 is 11.5 Å². The molecule has 1 aliphatic heterocycles. The maximum absolute atomic E-state index is 11.7. The fourth-order valence-corrected chi connectivity index (χ4v) is 3.64. The Morgan fingerprint density at radius 3 is 2.52 bits per heavy atom. The van der Waals surface area contributed by atoms with Crippen LogP contribution in [-0.2, 0) is 10.2 Å². The van der Waals surface area contributed by atoms with Gasteiger partial charge in [0.2, 0.25) is 5.91 Å². The second-order valence-electron chi connectivity index (χ2n) is 6.74. The van der Waals surface area contributed by atoms with Crippen molar-refractivity contribution in [2.45, 2.75) is 49.4 Å². The number of hydrogen-bond acceptors (Lipinski definition) is 6. The lowest BCUT2D eigenvalue weighted by atomic mass is 9.94. The van der Waals surface area contributed by atoms with Gasteiger partial charge in [-0.15, -0.1) is 0 Å². The molecule has 2 aromatic heterocycles. The normalized spacial score (nSPS) is 20.6. The molecule has 0 aromatic carbocycles. The Balaban J connectivity index is 2.23. The molecule has 2 atom stereocenters. The molecular formula is C16H20N4O2S. The Morgan fingerprint density at radius 1 is 1.30 bits per heavy atom. The summed E-state index contributed by atoms with van der Waals surface area (Å²) >= 11 is 1.31. The summed E-state index contributed by atoms with van der Waals surface area (Å²) in [6, 6.07) is 3.20. The van der Waals surface area contributed by atoms with Gasteiger partial charge in [0.05, 0.1) is 6.04 Å². The van der Waals surface area contributed by atoms with Crippen LogP contribution in [0.4, 0.5) is 0 Å². The molecule has 7 heteroatoms. The van der Waals surface area contributed by atoms with Crippen molar-refractivity contribution in [3.8, 4) is 11.5 Å². The van der Waals surface area contributed by atoms with Crippen molar-refractivity contribution in [1.29, 1.82) is 0 Å². The van der Waals surface area contributed by atoms with Crippen LogP contribution in [0.3, 0.4) is 0 Å². The summed E-state index contributed by atoms with van der Waals surface area (Å²) in [4.78, 5) is 21.0. The minimum atomic E-state index is -0.540. The molecule has 3 heterocycles. The minimum Gasteiger partial charge on any atom is -0.460 e. The van der Waals surface area contributed by atoms with Crippen molar-refractivity contribution < 1.29 is 9.21 Å². The largest absolute Gasteiger partial charge is 0.460 e. The molecule has 1 aliphatic rings. The lowest BCUT2D eigenvalue weighted by molar-refractivity contribution is -0.117. The van der Waals surface area contributed by atoms with Gasteiger partial charge in [0.15, 0.2) is 5.76 Å². The van der Waals surface area contributed by atoms with Crippen LogP contribution >= 0.6 is 11.8 Å². The molecular weight excluding hydrogens is 312 g/mol. The van der Waals surface area contributed by atoms with Crippen LogP contribution in [0.5, 0.6) is 0 Å². The molecule has 0 aliphatic carbocycles. The SMILES string of the molecule is Cc1ccc(-c2nc(C(C)(C)C)nc3c2C(N)C(C(N)=O)S3)o1. The van der Waals surface area contributed by atoms with Crippen LogP contribution in [0, 0.1) is 6.92 Å². The first-order valence-corrected chi connectivity index (χ1v) is 8.27. The summed E-state index contributed by atoms with van der Waals surface area (Å²) in [6.07, 6.45) is 0. The standard InChI is InChI=1S/C16H20N4O2S/c1-7-5-6-8(22-7)11-9-10(17)12(13(18)21)23-14(9)20-15(19-11)16(2,3)4/h5-6,10,12H,17H2,1-4H3,(H2,18,21). The van der Waals surface area contributed by atoms with Gasteiger partial charge in [0.1, 0.15) is 27.6 Å². The predicted molar refractivity (Wildman–Crippen MR) is 88.9 cm³/mol. The van der Waals surface area contributed by atoms with Gasteiger partial charge >= 0.3 is 0 Å². The highest BCUT2D eigenvalue weighted by Gasteiger charge is 2.40. The topological polar surface area (TPSA) is 108 Å². The zero-order valence-electron chi connectivity index (χ0n) is 13.6. The van der Waals surface area contributed by atoms with Gasteiger partial charge in [-0.1, -0.05) is 32.5 Å². The molecule has 4 N–H and O–H groups in total. The number of primary amides is 1. The van der Waals surface area contributed by atoms with E-state index in [-0.39, 0.29) is 5.41 Å². The van der Waals surface area contributed by atoms with Gasteiger partial charge in [-0.25, -0.2) is 9.97 Å². The van der Waals surface area contributed by atoms with Crippen LogP contribution in [0.15, 0.2) is 21.6 Å². The minimum absolute atomic E-state index is 0.235. The van der Waals surface area contributed by atoms with E-state index in [1.54, 1.807) is 0 Å². The molecule has 0 radical (unpaired) electrons.